The van der Waals surface area contributed by atoms with Crippen LogP contribution in [0.1, 0.15) is 58.3 Å². The van der Waals surface area contributed by atoms with E-state index in [0.29, 0.717) is 12.1 Å². The summed E-state index contributed by atoms with van der Waals surface area (Å²) in [5, 5.41) is 3.33. The van der Waals surface area contributed by atoms with Crippen molar-refractivity contribution in [3.8, 4) is 0 Å². The summed E-state index contributed by atoms with van der Waals surface area (Å²) in [4.78, 5) is 0. The van der Waals surface area contributed by atoms with Crippen LogP contribution in [0.15, 0.2) is 0 Å². The maximum atomic E-state index is 5.89. The van der Waals surface area contributed by atoms with E-state index in [1.807, 2.05) is 0 Å². The van der Waals surface area contributed by atoms with Crippen molar-refractivity contribution in [3.05, 3.63) is 0 Å². The maximum Gasteiger partial charge on any atom is 0.0575 e. The summed E-state index contributed by atoms with van der Waals surface area (Å²) in [6, 6.07) is 0.681. The van der Waals surface area contributed by atoms with Gasteiger partial charge in [0.15, 0.2) is 0 Å². The highest BCUT2D eigenvalue weighted by molar-refractivity contribution is 4.66. The van der Waals surface area contributed by atoms with Gasteiger partial charge >= 0.3 is 0 Å². The first-order valence-electron chi connectivity index (χ1n) is 6.65. The van der Waals surface area contributed by atoms with E-state index in [9.17, 15) is 0 Å². The Hall–Kier alpha value is -0.0800. The van der Waals surface area contributed by atoms with Gasteiger partial charge in [0.2, 0.25) is 0 Å². The zero-order chi connectivity index (χ0) is 10.9. The smallest absolute Gasteiger partial charge is 0.0575 e. The fourth-order valence-electron chi connectivity index (χ4n) is 2.36. The van der Waals surface area contributed by atoms with E-state index in [1.165, 1.54) is 51.4 Å². The fraction of sp³-hybridized carbons (Fsp3) is 1.00. The number of hydrogen-bond acceptors (Lipinski definition) is 2. The van der Waals surface area contributed by atoms with Crippen LogP contribution in [-0.4, -0.2) is 25.8 Å². The predicted molar refractivity (Wildman–Crippen MR) is 65.2 cm³/mol. The second-order valence-corrected chi connectivity index (χ2v) is 4.67. The normalized spacial score (nSPS) is 20.4. The Kier molecular flexibility index (Phi) is 7.03. The van der Waals surface area contributed by atoms with Crippen LogP contribution in [0, 0.1) is 0 Å². The Labute approximate surface area is 94.8 Å². The Morgan fingerprint density at radius 1 is 1.27 bits per heavy atom. The molecular weight excluding hydrogens is 186 g/mol. The summed E-state index contributed by atoms with van der Waals surface area (Å²) in [5.74, 6) is 0. The second-order valence-electron chi connectivity index (χ2n) is 4.67. The van der Waals surface area contributed by atoms with Crippen LogP contribution in [0.25, 0.3) is 0 Å². The minimum Gasteiger partial charge on any atom is -0.378 e. The van der Waals surface area contributed by atoms with E-state index in [1.54, 1.807) is 0 Å². The fourth-order valence-corrected chi connectivity index (χ4v) is 2.36. The molecule has 0 aromatic heterocycles. The lowest BCUT2D eigenvalue weighted by atomic mass is 9.98. The van der Waals surface area contributed by atoms with Gasteiger partial charge in [-0.2, -0.15) is 0 Å². The summed E-state index contributed by atoms with van der Waals surface area (Å²) in [6.07, 6.45) is 11.0. The van der Waals surface area contributed by atoms with Gasteiger partial charge in [-0.3, -0.25) is 0 Å². The minimum absolute atomic E-state index is 0.577. The van der Waals surface area contributed by atoms with Crippen molar-refractivity contribution in [3.63, 3.8) is 0 Å². The standard InChI is InChI=1S/C13H27NO/c1-3-12(14-2)8-7-11-15-13-9-5-4-6-10-13/h12-14H,3-11H2,1-2H3. The van der Waals surface area contributed by atoms with Crippen molar-refractivity contribution < 1.29 is 4.74 Å². The van der Waals surface area contributed by atoms with Crippen LogP contribution in [0.2, 0.25) is 0 Å². The molecule has 0 aromatic carbocycles. The van der Waals surface area contributed by atoms with Gasteiger partial charge in [0.1, 0.15) is 0 Å². The Morgan fingerprint density at radius 3 is 2.60 bits per heavy atom. The third-order valence-corrected chi connectivity index (χ3v) is 3.50. The topological polar surface area (TPSA) is 21.3 Å². The van der Waals surface area contributed by atoms with Gasteiger partial charge in [0.05, 0.1) is 6.10 Å². The molecule has 0 heterocycles. The van der Waals surface area contributed by atoms with Gasteiger partial charge < -0.3 is 10.1 Å². The first kappa shape index (κ1) is 13.0. The van der Waals surface area contributed by atoms with Crippen molar-refractivity contribution in [2.45, 2.75) is 70.4 Å². The molecule has 1 unspecified atom stereocenters. The third kappa shape index (κ3) is 5.53. The maximum absolute atomic E-state index is 5.89. The highest BCUT2D eigenvalue weighted by atomic mass is 16.5. The first-order chi connectivity index (χ1) is 7.36. The number of nitrogens with one attached hydrogen (secondary N) is 1. The lowest BCUT2D eigenvalue weighted by Crippen LogP contribution is -2.25. The van der Waals surface area contributed by atoms with E-state index in [0.717, 1.165) is 6.61 Å². The van der Waals surface area contributed by atoms with Crippen LogP contribution >= 0.6 is 0 Å². The third-order valence-electron chi connectivity index (χ3n) is 3.50. The average molecular weight is 213 g/mol. The SMILES string of the molecule is CCC(CCCOC1CCCCC1)NC. The van der Waals surface area contributed by atoms with Crippen molar-refractivity contribution in [2.24, 2.45) is 0 Å². The van der Waals surface area contributed by atoms with Crippen LogP contribution in [0.5, 0.6) is 0 Å². The van der Waals surface area contributed by atoms with E-state index >= 15 is 0 Å². The van der Waals surface area contributed by atoms with Crippen molar-refractivity contribution in [1.29, 1.82) is 0 Å². The molecule has 1 rings (SSSR count). The highest BCUT2D eigenvalue weighted by Gasteiger charge is 2.13. The van der Waals surface area contributed by atoms with Crippen LogP contribution in [-0.2, 0) is 4.74 Å². The molecule has 90 valence electrons. The molecule has 15 heavy (non-hydrogen) atoms. The quantitative estimate of drug-likeness (QED) is 0.656. The number of hydrogen-bond donors (Lipinski definition) is 1. The molecule has 0 aliphatic heterocycles. The van der Waals surface area contributed by atoms with Gasteiger partial charge in [-0.1, -0.05) is 26.2 Å². The van der Waals surface area contributed by atoms with E-state index in [-0.39, 0.29) is 0 Å². The molecule has 1 aliphatic rings. The van der Waals surface area contributed by atoms with Gasteiger partial charge in [-0.05, 0) is 39.2 Å². The van der Waals surface area contributed by atoms with Crippen LogP contribution in [0.3, 0.4) is 0 Å². The van der Waals surface area contributed by atoms with Crippen molar-refractivity contribution >= 4 is 0 Å². The van der Waals surface area contributed by atoms with Crippen molar-refractivity contribution in [2.75, 3.05) is 13.7 Å². The van der Waals surface area contributed by atoms with Gasteiger partial charge in [0.25, 0.3) is 0 Å². The van der Waals surface area contributed by atoms with Crippen molar-refractivity contribution in [1.82, 2.24) is 5.32 Å². The molecule has 2 nitrogen and oxygen atoms in total. The molecule has 1 saturated carbocycles. The number of ether oxygens (including phenoxy) is 1. The van der Waals surface area contributed by atoms with E-state index in [2.05, 4.69) is 19.3 Å². The largest absolute Gasteiger partial charge is 0.378 e. The lowest BCUT2D eigenvalue weighted by Gasteiger charge is -2.22. The monoisotopic (exact) mass is 213 g/mol. The van der Waals surface area contributed by atoms with E-state index in [4.69, 9.17) is 4.74 Å². The molecule has 0 spiro atoms. The highest BCUT2D eigenvalue weighted by Crippen LogP contribution is 2.20. The molecule has 2 heteroatoms. The zero-order valence-corrected chi connectivity index (χ0v) is 10.4. The molecule has 1 atom stereocenters. The Morgan fingerprint density at radius 2 is 2.00 bits per heavy atom. The van der Waals surface area contributed by atoms with Gasteiger partial charge in [-0.15, -0.1) is 0 Å². The minimum atomic E-state index is 0.577. The molecular formula is C13H27NO. The Balaban J connectivity index is 1.95. The summed E-state index contributed by atoms with van der Waals surface area (Å²) in [6.45, 7) is 3.20. The number of rotatable bonds is 7. The average Bonchev–Trinajstić information content (AvgIpc) is 2.31. The summed E-state index contributed by atoms with van der Waals surface area (Å²) in [7, 11) is 2.05. The molecule has 0 aromatic rings. The molecule has 1 aliphatic carbocycles. The summed E-state index contributed by atoms with van der Waals surface area (Å²) in [5.41, 5.74) is 0. The molecule has 1 fully saturated rings. The summed E-state index contributed by atoms with van der Waals surface area (Å²) < 4.78 is 5.89. The molecule has 1 N–H and O–H groups in total. The molecule has 0 saturated heterocycles. The summed E-state index contributed by atoms with van der Waals surface area (Å²) >= 11 is 0. The first-order valence-corrected chi connectivity index (χ1v) is 6.65. The van der Waals surface area contributed by atoms with Gasteiger partial charge in [-0.25, -0.2) is 0 Å². The van der Waals surface area contributed by atoms with Crippen LogP contribution in [0.4, 0.5) is 0 Å². The van der Waals surface area contributed by atoms with E-state index < -0.39 is 0 Å². The Bertz CT molecular complexity index is 139. The molecule has 0 bridgehead atoms. The second kappa shape index (κ2) is 8.12. The molecule has 0 radical (unpaired) electrons. The lowest BCUT2D eigenvalue weighted by molar-refractivity contribution is 0.0256. The van der Waals surface area contributed by atoms with Crippen LogP contribution < -0.4 is 5.32 Å². The zero-order valence-electron chi connectivity index (χ0n) is 10.4. The van der Waals surface area contributed by atoms with Gasteiger partial charge in [0, 0.05) is 12.6 Å². The predicted octanol–water partition coefficient (Wildman–Crippen LogP) is 3.11. The molecule has 0 amide bonds.